The number of hydrogen-bond donors (Lipinski definition) is 2. The summed E-state index contributed by atoms with van der Waals surface area (Å²) < 4.78 is 0. The largest absolute Gasteiger partial charge is 0.355 e. The van der Waals surface area contributed by atoms with Crippen molar-refractivity contribution in [1.29, 1.82) is 0 Å². The van der Waals surface area contributed by atoms with Crippen molar-refractivity contribution in [2.45, 2.75) is 39.0 Å². The van der Waals surface area contributed by atoms with E-state index in [4.69, 9.17) is 5.73 Å². The quantitative estimate of drug-likeness (QED) is 0.762. The summed E-state index contributed by atoms with van der Waals surface area (Å²) in [7, 11) is 0. The predicted octanol–water partition coefficient (Wildman–Crippen LogP) is 2.55. The van der Waals surface area contributed by atoms with E-state index in [1.165, 1.54) is 5.56 Å². The van der Waals surface area contributed by atoms with Crippen LogP contribution in [0.15, 0.2) is 30.3 Å². The predicted molar refractivity (Wildman–Crippen MR) is 107 cm³/mol. The Kier molecular flexibility index (Phi) is 9.66. The molecule has 6 heteroatoms. The fourth-order valence-electron chi connectivity index (χ4n) is 3.51. The Morgan fingerprint density at radius 2 is 1.96 bits per heavy atom. The van der Waals surface area contributed by atoms with E-state index in [0.717, 1.165) is 19.4 Å². The van der Waals surface area contributed by atoms with Crippen LogP contribution in [-0.2, 0) is 9.59 Å². The third-order valence-corrected chi connectivity index (χ3v) is 5.02. The Labute approximate surface area is 163 Å². The summed E-state index contributed by atoms with van der Waals surface area (Å²) in [5.74, 6) is 0.656. The molecule has 2 unspecified atom stereocenters. The molecule has 146 valence electrons. The van der Waals surface area contributed by atoms with Gasteiger partial charge in [0.1, 0.15) is 0 Å². The van der Waals surface area contributed by atoms with E-state index in [2.05, 4.69) is 31.3 Å². The minimum atomic E-state index is -0.113. The second kappa shape index (κ2) is 11.2. The number of rotatable bonds is 7. The summed E-state index contributed by atoms with van der Waals surface area (Å²) in [4.78, 5) is 26.9. The van der Waals surface area contributed by atoms with Gasteiger partial charge in [-0.05, 0) is 30.2 Å². The van der Waals surface area contributed by atoms with Crippen molar-refractivity contribution in [2.75, 3.05) is 26.2 Å². The Hall–Kier alpha value is -1.59. The van der Waals surface area contributed by atoms with E-state index in [1.807, 2.05) is 23.1 Å². The number of carbonyl (C=O) groups is 2. The average Bonchev–Trinajstić information content (AvgIpc) is 2.64. The minimum Gasteiger partial charge on any atom is -0.355 e. The molecule has 0 spiro atoms. The molecule has 1 saturated heterocycles. The first kappa shape index (κ1) is 22.5. The van der Waals surface area contributed by atoms with Crippen LogP contribution in [0.5, 0.6) is 0 Å². The van der Waals surface area contributed by atoms with Crippen LogP contribution in [0.25, 0.3) is 0 Å². The van der Waals surface area contributed by atoms with Crippen LogP contribution < -0.4 is 11.1 Å². The number of nitrogens with zero attached hydrogens (tertiary/aromatic N) is 1. The van der Waals surface area contributed by atoms with Gasteiger partial charge in [0.25, 0.3) is 0 Å². The smallest absolute Gasteiger partial charge is 0.224 e. The normalized spacial score (nSPS) is 18.2. The molecule has 0 radical (unpaired) electrons. The number of nitrogens with one attached hydrogen (secondary N) is 1. The molecule has 1 fully saturated rings. The molecule has 1 aliphatic rings. The van der Waals surface area contributed by atoms with Crippen molar-refractivity contribution >= 4 is 24.2 Å². The lowest BCUT2D eigenvalue weighted by Crippen LogP contribution is -2.46. The van der Waals surface area contributed by atoms with Gasteiger partial charge in [0.2, 0.25) is 11.8 Å². The van der Waals surface area contributed by atoms with Crippen LogP contribution in [0.2, 0.25) is 0 Å². The summed E-state index contributed by atoms with van der Waals surface area (Å²) >= 11 is 0. The van der Waals surface area contributed by atoms with Gasteiger partial charge in [-0.3, -0.25) is 9.59 Å². The molecule has 0 aliphatic carbocycles. The highest BCUT2D eigenvalue weighted by molar-refractivity contribution is 5.85. The molecular formula is C20H32ClN3O2. The number of nitrogens with two attached hydrogens (primary N) is 1. The molecule has 1 heterocycles. The first-order valence-corrected chi connectivity index (χ1v) is 9.33. The fourth-order valence-corrected chi connectivity index (χ4v) is 3.51. The minimum absolute atomic E-state index is 0. The van der Waals surface area contributed by atoms with Crippen LogP contribution in [0, 0.1) is 11.8 Å². The lowest BCUT2D eigenvalue weighted by molar-refractivity contribution is -0.136. The molecule has 2 rings (SSSR count). The molecule has 1 aromatic carbocycles. The van der Waals surface area contributed by atoms with E-state index in [9.17, 15) is 9.59 Å². The molecule has 26 heavy (non-hydrogen) atoms. The van der Waals surface area contributed by atoms with Gasteiger partial charge in [-0.2, -0.15) is 0 Å². The number of hydrogen-bond acceptors (Lipinski definition) is 3. The van der Waals surface area contributed by atoms with Crippen LogP contribution >= 0.6 is 12.4 Å². The Balaban J connectivity index is 0.00000338. The number of carbonyl (C=O) groups excluding carboxylic acids is 2. The third kappa shape index (κ3) is 6.29. The number of benzene rings is 1. The number of amides is 2. The van der Waals surface area contributed by atoms with Crippen molar-refractivity contribution in [3.8, 4) is 0 Å². The maximum absolute atomic E-state index is 12.8. The van der Waals surface area contributed by atoms with Gasteiger partial charge in [-0.1, -0.05) is 44.2 Å². The van der Waals surface area contributed by atoms with E-state index in [1.54, 1.807) is 0 Å². The van der Waals surface area contributed by atoms with Gasteiger partial charge in [-0.25, -0.2) is 0 Å². The van der Waals surface area contributed by atoms with E-state index < -0.39 is 0 Å². The SMILES string of the molecule is CC(C)C(CC(=O)N1CCCC(C(=O)NCCN)C1)c1ccccc1.Cl. The van der Waals surface area contributed by atoms with Crippen molar-refractivity contribution in [3.63, 3.8) is 0 Å². The molecule has 2 amide bonds. The van der Waals surface area contributed by atoms with Crippen LogP contribution in [0.4, 0.5) is 0 Å². The number of piperidine rings is 1. The topological polar surface area (TPSA) is 75.4 Å². The second-order valence-electron chi connectivity index (χ2n) is 7.22. The summed E-state index contributed by atoms with van der Waals surface area (Å²) in [6.45, 7) is 6.52. The lowest BCUT2D eigenvalue weighted by atomic mass is 9.85. The molecule has 2 atom stereocenters. The van der Waals surface area contributed by atoms with Crippen LogP contribution in [-0.4, -0.2) is 42.9 Å². The van der Waals surface area contributed by atoms with Gasteiger partial charge in [0, 0.05) is 32.6 Å². The molecule has 3 N–H and O–H groups in total. The van der Waals surface area contributed by atoms with Crippen LogP contribution in [0.1, 0.15) is 44.6 Å². The Morgan fingerprint density at radius 1 is 1.27 bits per heavy atom. The summed E-state index contributed by atoms with van der Waals surface area (Å²) in [5.41, 5.74) is 6.65. The maximum atomic E-state index is 12.8. The van der Waals surface area contributed by atoms with E-state index in [0.29, 0.717) is 32.0 Å². The standard InChI is InChI=1S/C20H31N3O2.ClH/c1-15(2)18(16-7-4-3-5-8-16)13-19(24)23-12-6-9-17(14-23)20(25)22-11-10-21;/h3-5,7-8,15,17-18H,6,9-14,21H2,1-2H3,(H,22,25);1H. The van der Waals surface area contributed by atoms with Gasteiger partial charge >= 0.3 is 0 Å². The number of halogens is 1. The van der Waals surface area contributed by atoms with Crippen molar-refractivity contribution in [3.05, 3.63) is 35.9 Å². The van der Waals surface area contributed by atoms with E-state index >= 15 is 0 Å². The van der Waals surface area contributed by atoms with Crippen molar-refractivity contribution in [1.82, 2.24) is 10.2 Å². The average molecular weight is 382 g/mol. The lowest BCUT2D eigenvalue weighted by Gasteiger charge is -2.33. The molecule has 0 bridgehead atoms. The Morgan fingerprint density at radius 3 is 2.58 bits per heavy atom. The zero-order valence-electron chi connectivity index (χ0n) is 15.8. The fraction of sp³-hybridized carbons (Fsp3) is 0.600. The highest BCUT2D eigenvalue weighted by Gasteiger charge is 2.30. The maximum Gasteiger partial charge on any atom is 0.224 e. The highest BCUT2D eigenvalue weighted by Crippen LogP contribution is 2.29. The van der Waals surface area contributed by atoms with Crippen molar-refractivity contribution in [2.24, 2.45) is 17.6 Å². The zero-order chi connectivity index (χ0) is 18.2. The van der Waals surface area contributed by atoms with Crippen LogP contribution in [0.3, 0.4) is 0 Å². The molecule has 0 saturated carbocycles. The van der Waals surface area contributed by atoms with Gasteiger partial charge in [0.05, 0.1) is 5.92 Å². The molecular weight excluding hydrogens is 350 g/mol. The van der Waals surface area contributed by atoms with Crippen molar-refractivity contribution < 1.29 is 9.59 Å². The zero-order valence-corrected chi connectivity index (χ0v) is 16.6. The van der Waals surface area contributed by atoms with Gasteiger partial charge < -0.3 is 16.0 Å². The summed E-state index contributed by atoms with van der Waals surface area (Å²) in [5, 5.41) is 2.84. The molecule has 0 aromatic heterocycles. The first-order chi connectivity index (χ1) is 12.0. The monoisotopic (exact) mass is 381 g/mol. The van der Waals surface area contributed by atoms with Gasteiger partial charge in [0.15, 0.2) is 0 Å². The molecule has 1 aromatic rings. The van der Waals surface area contributed by atoms with Gasteiger partial charge in [-0.15, -0.1) is 12.4 Å². The number of likely N-dealkylation sites (tertiary alicyclic amines) is 1. The second-order valence-corrected chi connectivity index (χ2v) is 7.22. The molecule has 1 aliphatic heterocycles. The Bertz CT molecular complexity index is 565. The first-order valence-electron chi connectivity index (χ1n) is 9.33. The third-order valence-electron chi connectivity index (χ3n) is 5.02. The molecule has 5 nitrogen and oxygen atoms in total. The highest BCUT2D eigenvalue weighted by atomic mass is 35.5. The summed E-state index contributed by atoms with van der Waals surface area (Å²) in [6.07, 6.45) is 2.22. The van der Waals surface area contributed by atoms with E-state index in [-0.39, 0.29) is 36.1 Å². The summed E-state index contributed by atoms with van der Waals surface area (Å²) in [6, 6.07) is 10.2.